The number of para-hydroxylation sites is 1. The van der Waals surface area contributed by atoms with E-state index < -0.39 is 9.85 Å². The molecule has 0 atom stereocenters. The molecular weight excluding hydrogens is 278 g/mol. The minimum atomic E-state index is -0.649. The normalized spacial score (nSPS) is 10.7. The number of nitrogen functional groups attached to an aromatic ring is 1. The summed E-state index contributed by atoms with van der Waals surface area (Å²) in [6.07, 6.45) is 0. The van der Waals surface area contributed by atoms with Crippen LogP contribution in [0.1, 0.15) is 0 Å². The van der Waals surface area contributed by atoms with Crippen LogP contribution in [0, 0.1) is 20.2 Å². The summed E-state index contributed by atoms with van der Waals surface area (Å²) in [5.41, 5.74) is 5.10. The van der Waals surface area contributed by atoms with E-state index in [1.165, 1.54) is 30.3 Å². The molecule has 0 bridgehead atoms. The van der Waals surface area contributed by atoms with Gasteiger partial charge in [-0.2, -0.15) is 0 Å². The molecule has 0 radical (unpaired) electrons. The lowest BCUT2D eigenvalue weighted by Crippen LogP contribution is -1.91. The van der Waals surface area contributed by atoms with Crippen LogP contribution in [0.2, 0.25) is 0 Å². The maximum Gasteiger partial charge on any atom is 0.298 e. The van der Waals surface area contributed by atoms with Gasteiger partial charge in [-0.1, -0.05) is 12.1 Å². The molecular formula is C12H9N5O4. The summed E-state index contributed by atoms with van der Waals surface area (Å²) in [7, 11) is 0. The van der Waals surface area contributed by atoms with Gasteiger partial charge in [0.1, 0.15) is 0 Å². The van der Waals surface area contributed by atoms with Crippen molar-refractivity contribution in [1.29, 1.82) is 0 Å². The molecule has 21 heavy (non-hydrogen) atoms. The summed E-state index contributed by atoms with van der Waals surface area (Å²) < 4.78 is 0. The number of benzene rings is 2. The quantitative estimate of drug-likeness (QED) is 0.397. The summed E-state index contributed by atoms with van der Waals surface area (Å²) >= 11 is 0. The summed E-state index contributed by atoms with van der Waals surface area (Å²) in [5.74, 6) is 0. The Balaban J connectivity index is 2.43. The fourth-order valence-electron chi connectivity index (χ4n) is 1.58. The largest absolute Gasteiger partial charge is 0.399 e. The second-order valence-electron chi connectivity index (χ2n) is 3.95. The summed E-state index contributed by atoms with van der Waals surface area (Å²) in [6, 6.07) is 9.61. The topological polar surface area (TPSA) is 137 Å². The highest BCUT2D eigenvalue weighted by Crippen LogP contribution is 2.33. The zero-order valence-electron chi connectivity index (χ0n) is 10.5. The number of nitrogens with two attached hydrogens (primary N) is 1. The molecule has 2 aromatic carbocycles. The average molecular weight is 287 g/mol. The lowest BCUT2D eigenvalue weighted by molar-refractivity contribution is -0.384. The predicted molar refractivity (Wildman–Crippen MR) is 74.8 cm³/mol. The second kappa shape index (κ2) is 5.74. The fraction of sp³-hybridized carbons (Fsp3) is 0. The Morgan fingerprint density at radius 1 is 0.857 bits per heavy atom. The van der Waals surface area contributed by atoms with Crippen molar-refractivity contribution in [3.8, 4) is 0 Å². The maximum atomic E-state index is 10.9. The molecule has 0 spiro atoms. The van der Waals surface area contributed by atoms with Crippen LogP contribution in [0.5, 0.6) is 0 Å². The molecule has 9 nitrogen and oxygen atoms in total. The standard InChI is InChI=1S/C12H9N5O4/c13-8-5-6-10(12(7-8)17(20)21)15-14-9-3-1-2-4-11(9)16(18)19/h1-7H,13H2. The van der Waals surface area contributed by atoms with Crippen LogP contribution in [-0.4, -0.2) is 9.85 Å². The Morgan fingerprint density at radius 3 is 2.05 bits per heavy atom. The van der Waals surface area contributed by atoms with Gasteiger partial charge in [0.25, 0.3) is 11.4 Å². The maximum absolute atomic E-state index is 10.9. The lowest BCUT2D eigenvalue weighted by atomic mass is 10.2. The van der Waals surface area contributed by atoms with Gasteiger partial charge in [0.2, 0.25) is 0 Å². The van der Waals surface area contributed by atoms with Gasteiger partial charge in [-0.3, -0.25) is 20.2 Å². The molecule has 0 aliphatic rings. The molecule has 0 saturated carbocycles. The minimum Gasteiger partial charge on any atom is -0.399 e. The highest BCUT2D eigenvalue weighted by molar-refractivity contribution is 5.64. The SMILES string of the molecule is Nc1ccc(N=Nc2ccccc2[N+](=O)[O-])c([N+](=O)[O-])c1. The number of nitro benzene ring substituents is 2. The van der Waals surface area contributed by atoms with E-state index >= 15 is 0 Å². The number of hydrogen-bond donors (Lipinski definition) is 1. The smallest absolute Gasteiger partial charge is 0.298 e. The van der Waals surface area contributed by atoms with E-state index in [-0.39, 0.29) is 28.4 Å². The fourth-order valence-corrected chi connectivity index (χ4v) is 1.58. The average Bonchev–Trinajstić information content (AvgIpc) is 2.46. The molecule has 0 amide bonds. The predicted octanol–water partition coefficient (Wildman–Crippen LogP) is 3.50. The van der Waals surface area contributed by atoms with Crippen LogP contribution in [0.4, 0.5) is 28.4 Å². The van der Waals surface area contributed by atoms with Gasteiger partial charge in [-0.05, 0) is 18.2 Å². The molecule has 2 aromatic rings. The highest BCUT2D eigenvalue weighted by atomic mass is 16.6. The van der Waals surface area contributed by atoms with Crippen LogP contribution < -0.4 is 5.73 Å². The van der Waals surface area contributed by atoms with Crippen LogP contribution in [0.3, 0.4) is 0 Å². The van der Waals surface area contributed by atoms with Crippen LogP contribution in [0.25, 0.3) is 0 Å². The third-order valence-corrected chi connectivity index (χ3v) is 2.54. The first-order valence-electron chi connectivity index (χ1n) is 5.68. The molecule has 0 aliphatic carbocycles. The highest BCUT2D eigenvalue weighted by Gasteiger charge is 2.15. The Kier molecular flexibility index (Phi) is 3.84. The number of nitrogens with zero attached hydrogens (tertiary/aromatic N) is 4. The minimum absolute atomic E-state index is 0.00798. The Hall–Kier alpha value is -3.36. The first kappa shape index (κ1) is 14.1. The van der Waals surface area contributed by atoms with E-state index in [4.69, 9.17) is 5.73 Å². The van der Waals surface area contributed by atoms with Crippen molar-refractivity contribution in [2.75, 3.05) is 5.73 Å². The molecule has 0 heterocycles. The summed E-state index contributed by atoms with van der Waals surface area (Å²) in [6.45, 7) is 0. The van der Waals surface area contributed by atoms with E-state index in [0.717, 1.165) is 6.07 Å². The van der Waals surface area contributed by atoms with Gasteiger partial charge >= 0.3 is 0 Å². The monoisotopic (exact) mass is 287 g/mol. The number of hydrogen-bond acceptors (Lipinski definition) is 7. The van der Waals surface area contributed by atoms with Crippen molar-refractivity contribution in [3.63, 3.8) is 0 Å². The molecule has 9 heteroatoms. The molecule has 0 saturated heterocycles. The van der Waals surface area contributed by atoms with Crippen molar-refractivity contribution >= 4 is 28.4 Å². The number of nitro groups is 2. The van der Waals surface area contributed by atoms with Gasteiger partial charge in [0.05, 0.1) is 9.85 Å². The number of rotatable bonds is 4. The molecule has 106 valence electrons. The summed E-state index contributed by atoms with van der Waals surface area (Å²) in [4.78, 5) is 20.5. The zero-order chi connectivity index (χ0) is 15.4. The van der Waals surface area contributed by atoms with Crippen molar-refractivity contribution in [2.24, 2.45) is 10.2 Å². The zero-order valence-corrected chi connectivity index (χ0v) is 10.5. The van der Waals surface area contributed by atoms with Crippen LogP contribution >= 0.6 is 0 Å². The molecule has 0 aliphatic heterocycles. The van der Waals surface area contributed by atoms with Gasteiger partial charge in [-0.15, -0.1) is 10.2 Å². The van der Waals surface area contributed by atoms with Crippen LogP contribution in [0.15, 0.2) is 52.7 Å². The molecule has 0 aromatic heterocycles. The van der Waals surface area contributed by atoms with E-state index in [9.17, 15) is 20.2 Å². The number of anilines is 1. The van der Waals surface area contributed by atoms with Crippen molar-refractivity contribution in [1.82, 2.24) is 0 Å². The molecule has 0 unspecified atom stereocenters. The van der Waals surface area contributed by atoms with Gasteiger partial charge in [0, 0.05) is 17.8 Å². The van der Waals surface area contributed by atoms with Crippen LogP contribution in [-0.2, 0) is 0 Å². The molecule has 0 fully saturated rings. The van der Waals surface area contributed by atoms with E-state index in [1.807, 2.05) is 0 Å². The Morgan fingerprint density at radius 2 is 1.43 bits per heavy atom. The first-order valence-corrected chi connectivity index (χ1v) is 5.68. The van der Waals surface area contributed by atoms with Gasteiger partial charge in [-0.25, -0.2) is 0 Å². The van der Waals surface area contributed by atoms with E-state index in [0.29, 0.717) is 0 Å². The third kappa shape index (κ3) is 3.15. The molecule has 2 rings (SSSR count). The Bertz CT molecular complexity index is 744. The van der Waals surface area contributed by atoms with Gasteiger partial charge < -0.3 is 5.73 Å². The van der Waals surface area contributed by atoms with Gasteiger partial charge in [0.15, 0.2) is 11.4 Å². The van der Waals surface area contributed by atoms with Crippen molar-refractivity contribution < 1.29 is 9.85 Å². The van der Waals surface area contributed by atoms with E-state index in [2.05, 4.69) is 10.2 Å². The first-order chi connectivity index (χ1) is 9.99. The third-order valence-electron chi connectivity index (χ3n) is 2.54. The lowest BCUT2D eigenvalue weighted by Gasteiger charge is -1.98. The number of azo groups is 1. The van der Waals surface area contributed by atoms with E-state index in [1.54, 1.807) is 6.07 Å². The second-order valence-corrected chi connectivity index (χ2v) is 3.95. The van der Waals surface area contributed by atoms with Crippen molar-refractivity contribution in [3.05, 3.63) is 62.7 Å². The van der Waals surface area contributed by atoms with Crippen molar-refractivity contribution in [2.45, 2.75) is 0 Å². The molecule has 2 N–H and O–H groups in total. The Labute approximate surface area is 118 Å². The summed E-state index contributed by atoms with van der Waals surface area (Å²) in [5, 5.41) is 29.1.